The average molecular weight is 274 g/mol. The van der Waals surface area contributed by atoms with E-state index in [1.54, 1.807) is 0 Å². The number of nitrogens with two attached hydrogens (primary N) is 1. The zero-order valence-corrected chi connectivity index (χ0v) is 12.1. The maximum Gasteiger partial charge on any atom is 0.251 e. The molecule has 2 rings (SSSR count). The lowest BCUT2D eigenvalue weighted by molar-refractivity contribution is 0.0956. The number of carbonyl (C=O) groups is 1. The number of aliphatic imine (C=N–C) groups is 1. The Morgan fingerprint density at radius 3 is 2.60 bits per heavy atom. The lowest BCUT2D eigenvalue weighted by Crippen LogP contribution is -2.35. The molecule has 1 aromatic rings. The van der Waals surface area contributed by atoms with Gasteiger partial charge in [0.25, 0.3) is 5.91 Å². The highest BCUT2D eigenvalue weighted by atomic mass is 16.1. The van der Waals surface area contributed by atoms with E-state index in [0.29, 0.717) is 30.7 Å². The fourth-order valence-corrected chi connectivity index (χ4v) is 1.96. The van der Waals surface area contributed by atoms with Gasteiger partial charge in [0.05, 0.1) is 6.54 Å². The maximum absolute atomic E-state index is 11.6. The van der Waals surface area contributed by atoms with Crippen molar-refractivity contribution in [2.45, 2.75) is 32.4 Å². The lowest BCUT2D eigenvalue weighted by atomic mass is 10.1. The number of rotatable bonds is 5. The first-order valence-corrected chi connectivity index (χ1v) is 7.01. The van der Waals surface area contributed by atoms with E-state index in [9.17, 15) is 4.79 Å². The molecule has 0 aliphatic heterocycles. The van der Waals surface area contributed by atoms with Crippen molar-refractivity contribution in [3.63, 3.8) is 0 Å². The molecular weight excluding hydrogens is 252 g/mol. The molecule has 0 bridgehead atoms. The third kappa shape index (κ3) is 3.73. The zero-order valence-electron chi connectivity index (χ0n) is 12.1. The van der Waals surface area contributed by atoms with Crippen molar-refractivity contribution in [1.29, 1.82) is 0 Å². The second kappa shape index (κ2) is 6.41. The molecule has 0 radical (unpaired) electrons. The van der Waals surface area contributed by atoms with Gasteiger partial charge in [-0.05, 0) is 37.5 Å². The number of nitrogens with zero attached hydrogens (tertiary/aromatic N) is 2. The van der Waals surface area contributed by atoms with Gasteiger partial charge in [-0.25, -0.2) is 4.99 Å². The second-order valence-corrected chi connectivity index (χ2v) is 5.07. The van der Waals surface area contributed by atoms with Crippen LogP contribution in [-0.4, -0.2) is 36.4 Å². The van der Waals surface area contributed by atoms with Crippen LogP contribution in [0.3, 0.4) is 0 Å². The molecule has 1 aliphatic carbocycles. The molecule has 0 spiro atoms. The predicted molar refractivity (Wildman–Crippen MR) is 80.6 cm³/mol. The molecule has 108 valence electrons. The monoisotopic (exact) mass is 274 g/mol. The summed E-state index contributed by atoms with van der Waals surface area (Å²) in [6.45, 7) is 3.08. The standard InChI is InChI=1S/C15H22N4O/c1-3-17-14(20)12-6-4-11(5-7-12)10-18-15(16)19(2)13-8-9-13/h4-7,13H,3,8-10H2,1-2H3,(H2,16,18)(H,17,20). The fourth-order valence-electron chi connectivity index (χ4n) is 1.96. The minimum absolute atomic E-state index is 0.0458. The van der Waals surface area contributed by atoms with Gasteiger partial charge in [0.1, 0.15) is 0 Å². The number of nitrogens with one attached hydrogen (secondary N) is 1. The molecule has 20 heavy (non-hydrogen) atoms. The Morgan fingerprint density at radius 2 is 2.05 bits per heavy atom. The average Bonchev–Trinajstić information content (AvgIpc) is 3.29. The van der Waals surface area contributed by atoms with Crippen LogP contribution in [0.1, 0.15) is 35.7 Å². The number of benzene rings is 1. The van der Waals surface area contributed by atoms with Crippen molar-refractivity contribution < 1.29 is 4.79 Å². The SMILES string of the molecule is CCNC(=O)c1ccc(CN=C(N)N(C)C2CC2)cc1. The van der Waals surface area contributed by atoms with E-state index in [-0.39, 0.29) is 5.91 Å². The Balaban J connectivity index is 1.93. The summed E-state index contributed by atoms with van der Waals surface area (Å²) in [5.74, 6) is 0.538. The molecule has 0 heterocycles. The Bertz CT molecular complexity index is 491. The van der Waals surface area contributed by atoms with E-state index < -0.39 is 0 Å². The van der Waals surface area contributed by atoms with E-state index in [2.05, 4.69) is 10.3 Å². The minimum atomic E-state index is -0.0458. The van der Waals surface area contributed by atoms with Crippen molar-refractivity contribution >= 4 is 11.9 Å². The van der Waals surface area contributed by atoms with Crippen molar-refractivity contribution in [1.82, 2.24) is 10.2 Å². The number of carbonyl (C=O) groups excluding carboxylic acids is 1. The van der Waals surface area contributed by atoms with Crippen molar-refractivity contribution in [3.8, 4) is 0 Å². The van der Waals surface area contributed by atoms with Crippen LogP contribution < -0.4 is 11.1 Å². The van der Waals surface area contributed by atoms with Gasteiger partial charge in [0.2, 0.25) is 0 Å². The van der Waals surface area contributed by atoms with Crippen LogP contribution in [0.15, 0.2) is 29.3 Å². The Kier molecular flexibility index (Phi) is 4.61. The maximum atomic E-state index is 11.6. The van der Waals surface area contributed by atoms with E-state index in [1.165, 1.54) is 12.8 Å². The van der Waals surface area contributed by atoms with Crippen molar-refractivity contribution in [3.05, 3.63) is 35.4 Å². The van der Waals surface area contributed by atoms with Crippen LogP contribution in [0.25, 0.3) is 0 Å². The van der Waals surface area contributed by atoms with Crippen LogP contribution in [0.4, 0.5) is 0 Å². The largest absolute Gasteiger partial charge is 0.370 e. The summed E-state index contributed by atoms with van der Waals surface area (Å²) in [5.41, 5.74) is 7.65. The third-order valence-corrected chi connectivity index (χ3v) is 3.43. The van der Waals surface area contributed by atoms with Gasteiger partial charge >= 0.3 is 0 Å². The van der Waals surface area contributed by atoms with Gasteiger partial charge in [0, 0.05) is 25.2 Å². The lowest BCUT2D eigenvalue weighted by Gasteiger charge is -2.16. The Labute approximate surface area is 119 Å². The van der Waals surface area contributed by atoms with E-state index in [1.807, 2.05) is 43.1 Å². The van der Waals surface area contributed by atoms with E-state index in [0.717, 1.165) is 5.56 Å². The molecule has 0 unspecified atom stereocenters. The van der Waals surface area contributed by atoms with Crippen molar-refractivity contribution in [2.24, 2.45) is 10.7 Å². The first kappa shape index (κ1) is 14.4. The van der Waals surface area contributed by atoms with E-state index >= 15 is 0 Å². The summed E-state index contributed by atoms with van der Waals surface area (Å²) < 4.78 is 0. The van der Waals surface area contributed by atoms with Crippen LogP contribution in [0.2, 0.25) is 0 Å². The molecule has 1 aromatic carbocycles. The molecule has 0 aromatic heterocycles. The second-order valence-electron chi connectivity index (χ2n) is 5.07. The quantitative estimate of drug-likeness (QED) is 0.629. The fraction of sp³-hybridized carbons (Fsp3) is 0.467. The summed E-state index contributed by atoms with van der Waals surface area (Å²) in [4.78, 5) is 18.0. The van der Waals surface area contributed by atoms with Crippen molar-refractivity contribution in [2.75, 3.05) is 13.6 Å². The van der Waals surface area contributed by atoms with Gasteiger partial charge in [-0.1, -0.05) is 12.1 Å². The summed E-state index contributed by atoms with van der Waals surface area (Å²) in [6.07, 6.45) is 2.40. The number of guanidine groups is 1. The summed E-state index contributed by atoms with van der Waals surface area (Å²) in [6, 6.07) is 8.03. The molecule has 5 nitrogen and oxygen atoms in total. The molecule has 1 fully saturated rings. The highest BCUT2D eigenvalue weighted by molar-refractivity contribution is 5.94. The minimum Gasteiger partial charge on any atom is -0.370 e. The van der Waals surface area contributed by atoms with Gasteiger partial charge in [0.15, 0.2) is 5.96 Å². The first-order valence-electron chi connectivity index (χ1n) is 7.01. The normalized spacial score (nSPS) is 15.0. The van der Waals surface area contributed by atoms with E-state index in [4.69, 9.17) is 5.73 Å². The van der Waals surface area contributed by atoms with Gasteiger partial charge in [-0.2, -0.15) is 0 Å². The Morgan fingerprint density at radius 1 is 1.40 bits per heavy atom. The molecule has 3 N–H and O–H groups in total. The molecule has 0 saturated heterocycles. The molecule has 1 aliphatic rings. The molecule has 5 heteroatoms. The molecule has 1 saturated carbocycles. The van der Waals surface area contributed by atoms with Crippen LogP contribution >= 0.6 is 0 Å². The van der Waals surface area contributed by atoms with Crippen LogP contribution in [0.5, 0.6) is 0 Å². The molecule has 0 atom stereocenters. The summed E-state index contributed by atoms with van der Waals surface area (Å²) in [5, 5.41) is 2.77. The number of hydrogen-bond acceptors (Lipinski definition) is 2. The summed E-state index contributed by atoms with van der Waals surface area (Å²) in [7, 11) is 1.98. The highest BCUT2D eigenvalue weighted by Crippen LogP contribution is 2.24. The Hall–Kier alpha value is -2.04. The smallest absolute Gasteiger partial charge is 0.251 e. The first-order chi connectivity index (χ1) is 9.61. The van der Waals surface area contributed by atoms with Gasteiger partial charge in [-0.15, -0.1) is 0 Å². The highest BCUT2D eigenvalue weighted by Gasteiger charge is 2.27. The topological polar surface area (TPSA) is 70.7 Å². The van der Waals surface area contributed by atoms with Gasteiger partial charge in [-0.3, -0.25) is 4.79 Å². The van der Waals surface area contributed by atoms with Crippen LogP contribution in [0, 0.1) is 0 Å². The predicted octanol–water partition coefficient (Wildman–Crippen LogP) is 1.35. The van der Waals surface area contributed by atoms with Crippen LogP contribution in [-0.2, 0) is 6.54 Å². The number of hydrogen-bond donors (Lipinski definition) is 2. The molecule has 1 amide bonds. The molecular formula is C15H22N4O. The zero-order chi connectivity index (χ0) is 14.5. The third-order valence-electron chi connectivity index (χ3n) is 3.43. The summed E-state index contributed by atoms with van der Waals surface area (Å²) >= 11 is 0. The number of amides is 1. The van der Waals surface area contributed by atoms with Gasteiger partial charge < -0.3 is 16.0 Å².